The first-order valence-electron chi connectivity index (χ1n) is 21.1. The number of nitrogens with zero attached hydrogens (tertiary/aromatic N) is 7. The molecule has 406 valence electrons. The number of rotatable bonds is 26. The highest BCUT2D eigenvalue weighted by molar-refractivity contribution is 8.13. The van der Waals surface area contributed by atoms with Crippen molar-refractivity contribution in [2.24, 2.45) is 17.2 Å². The number of likely N-dealkylation sites (N-methyl/N-ethyl adjacent to an activating group) is 3. The van der Waals surface area contributed by atoms with Gasteiger partial charge in [0.1, 0.15) is 0 Å². The molecule has 0 aromatic heterocycles. The molecular formula is C39H58ClN13O16S4. The number of nitrogens with one attached hydrogen (secondary N) is 3. The van der Waals surface area contributed by atoms with E-state index in [1.54, 1.807) is 11.9 Å². The van der Waals surface area contributed by atoms with E-state index in [2.05, 4.69) is 19.1 Å². The topological polar surface area (TPSA) is 433 Å². The summed E-state index contributed by atoms with van der Waals surface area (Å²) in [5, 5.41) is 43.2. The highest BCUT2D eigenvalue weighted by Gasteiger charge is 2.27. The fourth-order valence-corrected chi connectivity index (χ4v) is 10.3. The summed E-state index contributed by atoms with van der Waals surface area (Å²) < 4.78 is 102. The SMILES string of the molecule is CN(CCN)CCN.CN(CCN)CCNS(=O)(=O)c1ccccc1[N+](=O)[O-].CN(CCNS(=O)(=O)c1ccccc1[N+](=O)[O-])CCNS(=O)(=O)c1ccccc1[N+](=O)[O-].O=[N+]([O-])c1ccccc1S(=O)(=O)Cl. The molecule has 0 fully saturated rings. The molecule has 4 aromatic rings. The minimum absolute atomic E-state index is 0.0816. The standard InChI is InChI=1S/C17H21N5O8S2.C11H18N4O4S.C6H4ClNO4S.C5H15N3/c1-20(12-10-18-31(27,28)16-8-4-2-6-14(16)21(23)24)13-11-19-32(29,30)17-9-5-3-7-15(17)22(25)26;1-14(8-6-12)9-7-13-20(18,19)11-5-3-2-4-10(11)15(16)17;7-13(11,12)6-4-2-1-3-5(6)8(9)10;1-8(4-2-6)5-3-7/h2-9,18-19H,10-13H2,1H3;2-5,13H,6-9,12H2,1H3;1-4H;2-7H2,1H3. The number of benzene rings is 4. The van der Waals surface area contributed by atoms with Gasteiger partial charge in [-0.1, -0.05) is 48.5 Å². The van der Waals surface area contributed by atoms with E-state index in [0.29, 0.717) is 19.6 Å². The van der Waals surface area contributed by atoms with E-state index in [0.717, 1.165) is 68.6 Å². The van der Waals surface area contributed by atoms with Crippen LogP contribution >= 0.6 is 10.7 Å². The molecule has 0 saturated heterocycles. The summed E-state index contributed by atoms with van der Waals surface area (Å²) in [6.45, 7) is 5.26. The lowest BCUT2D eigenvalue weighted by molar-refractivity contribution is -0.388. The van der Waals surface area contributed by atoms with Crippen molar-refractivity contribution < 1.29 is 53.4 Å². The van der Waals surface area contributed by atoms with Crippen molar-refractivity contribution in [2.45, 2.75) is 19.6 Å². The van der Waals surface area contributed by atoms with Crippen LogP contribution in [-0.2, 0) is 39.1 Å². The Balaban J connectivity index is 0.000000550. The molecule has 0 aliphatic heterocycles. The fraction of sp³-hybridized carbons (Fsp3) is 0.385. The summed E-state index contributed by atoms with van der Waals surface area (Å²) in [6, 6.07) is 20.0. The third-order valence-corrected chi connectivity index (χ3v) is 15.2. The molecule has 9 N–H and O–H groups in total. The van der Waals surface area contributed by atoms with Crippen LogP contribution in [0.15, 0.2) is 117 Å². The first-order valence-corrected chi connectivity index (χ1v) is 27.9. The Morgan fingerprint density at radius 3 is 0.836 bits per heavy atom. The van der Waals surface area contributed by atoms with Gasteiger partial charge in [0.05, 0.1) is 19.7 Å². The lowest BCUT2D eigenvalue weighted by Gasteiger charge is -2.17. The molecular weight excluding hydrogens is 1070 g/mol. The van der Waals surface area contributed by atoms with Crippen molar-refractivity contribution in [3.05, 3.63) is 138 Å². The van der Waals surface area contributed by atoms with Gasteiger partial charge in [0, 0.05) is 113 Å². The van der Waals surface area contributed by atoms with Gasteiger partial charge < -0.3 is 31.9 Å². The van der Waals surface area contributed by atoms with Gasteiger partial charge in [-0.05, 0) is 45.4 Å². The van der Waals surface area contributed by atoms with Crippen molar-refractivity contribution in [1.29, 1.82) is 0 Å². The molecule has 4 aromatic carbocycles. The lowest BCUT2D eigenvalue weighted by atomic mass is 10.3. The second-order valence-electron chi connectivity index (χ2n) is 14.8. The second kappa shape index (κ2) is 31.7. The van der Waals surface area contributed by atoms with Crippen molar-refractivity contribution in [1.82, 2.24) is 28.9 Å². The Morgan fingerprint density at radius 2 is 0.616 bits per heavy atom. The predicted octanol–water partition coefficient (Wildman–Crippen LogP) is 0.813. The summed E-state index contributed by atoms with van der Waals surface area (Å²) in [5.74, 6) is 0. The number of nitrogens with two attached hydrogens (primary N) is 3. The number of nitro benzene ring substituents is 4. The third kappa shape index (κ3) is 23.3. The molecule has 4 rings (SSSR count). The Labute approximate surface area is 426 Å². The van der Waals surface area contributed by atoms with Crippen LogP contribution in [0, 0.1) is 40.5 Å². The monoisotopic (exact) mass is 1130 g/mol. The molecule has 0 amide bonds. The van der Waals surface area contributed by atoms with Crippen molar-refractivity contribution in [2.75, 3.05) is 99.7 Å². The number of sulfonamides is 3. The molecule has 0 aliphatic carbocycles. The fourth-order valence-electron chi connectivity index (χ4n) is 5.66. The molecule has 0 spiro atoms. The van der Waals surface area contributed by atoms with Crippen LogP contribution in [0.4, 0.5) is 22.7 Å². The lowest BCUT2D eigenvalue weighted by Crippen LogP contribution is -2.37. The van der Waals surface area contributed by atoms with E-state index >= 15 is 0 Å². The van der Waals surface area contributed by atoms with Gasteiger partial charge in [0.2, 0.25) is 30.1 Å². The van der Waals surface area contributed by atoms with Gasteiger partial charge in [-0.3, -0.25) is 40.5 Å². The molecule has 0 atom stereocenters. The molecule has 0 bridgehead atoms. The minimum atomic E-state index is -4.12. The highest BCUT2D eigenvalue weighted by atomic mass is 35.7. The van der Waals surface area contributed by atoms with Gasteiger partial charge >= 0.3 is 0 Å². The van der Waals surface area contributed by atoms with Crippen LogP contribution in [0.2, 0.25) is 0 Å². The van der Waals surface area contributed by atoms with Crippen molar-refractivity contribution >= 4 is 72.6 Å². The average molecular weight is 1130 g/mol. The largest absolute Gasteiger partial charge is 0.329 e. The number of para-hydroxylation sites is 4. The summed E-state index contributed by atoms with van der Waals surface area (Å²) in [5.41, 5.74) is 13.9. The van der Waals surface area contributed by atoms with Crippen molar-refractivity contribution in [3.8, 4) is 0 Å². The van der Waals surface area contributed by atoms with E-state index in [4.69, 9.17) is 27.9 Å². The first kappa shape index (κ1) is 65.2. The van der Waals surface area contributed by atoms with Crippen molar-refractivity contribution in [3.63, 3.8) is 0 Å². The van der Waals surface area contributed by atoms with Crippen LogP contribution < -0.4 is 31.4 Å². The van der Waals surface area contributed by atoms with Crippen LogP contribution in [0.1, 0.15) is 0 Å². The molecule has 0 radical (unpaired) electrons. The average Bonchev–Trinajstić information content (AvgIpc) is 3.32. The Kier molecular flexibility index (Phi) is 28.3. The highest BCUT2D eigenvalue weighted by Crippen LogP contribution is 2.27. The predicted molar refractivity (Wildman–Crippen MR) is 271 cm³/mol. The molecule has 0 saturated carbocycles. The minimum Gasteiger partial charge on any atom is -0.329 e. The smallest absolute Gasteiger partial charge is 0.289 e. The number of halogens is 1. The Bertz CT molecular complexity index is 2810. The Hall–Kier alpha value is -5.79. The maximum absolute atomic E-state index is 12.3. The van der Waals surface area contributed by atoms with Crippen LogP contribution in [0.3, 0.4) is 0 Å². The summed E-state index contributed by atoms with van der Waals surface area (Å²) in [4.78, 5) is 44.0. The molecule has 0 unspecified atom stereocenters. The Morgan fingerprint density at radius 1 is 0.411 bits per heavy atom. The summed E-state index contributed by atoms with van der Waals surface area (Å²) in [6.07, 6.45) is 0. The quantitative estimate of drug-likeness (QED) is 0.0288. The number of hydrogen-bond donors (Lipinski definition) is 6. The van der Waals surface area contributed by atoms with Gasteiger partial charge in [-0.25, -0.2) is 47.8 Å². The summed E-state index contributed by atoms with van der Waals surface area (Å²) >= 11 is 0. The van der Waals surface area contributed by atoms with E-state index in [9.17, 15) is 74.1 Å². The molecule has 34 heteroatoms. The van der Waals surface area contributed by atoms with Gasteiger partial charge in [0.15, 0.2) is 19.6 Å². The normalized spacial score (nSPS) is 11.6. The van der Waals surface area contributed by atoms with E-state index in [-0.39, 0.29) is 37.6 Å². The van der Waals surface area contributed by atoms with Crippen LogP contribution in [-0.4, -0.2) is 168 Å². The third-order valence-electron chi connectivity index (χ3n) is 9.27. The molecule has 0 aliphatic rings. The number of hydrogen-bond acceptors (Lipinski definition) is 22. The second-order valence-corrected chi connectivity index (χ2v) is 22.5. The van der Waals surface area contributed by atoms with Gasteiger partial charge in [-0.15, -0.1) is 0 Å². The zero-order valence-corrected chi connectivity index (χ0v) is 43.7. The van der Waals surface area contributed by atoms with E-state index in [1.165, 1.54) is 54.6 Å². The maximum Gasteiger partial charge on any atom is 0.289 e. The van der Waals surface area contributed by atoms with Gasteiger partial charge in [-0.2, -0.15) is 0 Å². The van der Waals surface area contributed by atoms with Crippen LogP contribution in [0.5, 0.6) is 0 Å². The van der Waals surface area contributed by atoms with E-state index < -0.39 is 96.2 Å². The molecule has 73 heavy (non-hydrogen) atoms. The van der Waals surface area contributed by atoms with Gasteiger partial charge in [0.25, 0.3) is 31.8 Å². The zero-order valence-electron chi connectivity index (χ0n) is 39.6. The molecule has 0 heterocycles. The summed E-state index contributed by atoms with van der Waals surface area (Å²) in [7, 11) is -5.77. The zero-order chi connectivity index (χ0) is 55.6. The number of nitro groups is 4. The maximum atomic E-state index is 12.3. The van der Waals surface area contributed by atoms with Crippen LogP contribution in [0.25, 0.3) is 0 Å². The molecule has 29 nitrogen and oxygen atoms in total. The van der Waals surface area contributed by atoms with E-state index in [1.807, 2.05) is 19.0 Å². The first-order chi connectivity index (χ1) is 34.1.